The molecule has 1 aromatic carbocycles. The van der Waals surface area contributed by atoms with Crippen LogP contribution >= 0.6 is 0 Å². The van der Waals surface area contributed by atoms with Gasteiger partial charge in [0.25, 0.3) is 0 Å². The lowest BCUT2D eigenvalue weighted by Gasteiger charge is -2.36. The Bertz CT molecular complexity index is 406. The van der Waals surface area contributed by atoms with Crippen molar-refractivity contribution in [2.75, 3.05) is 32.8 Å². The third kappa shape index (κ3) is 4.05. The Morgan fingerprint density at radius 3 is 2.85 bits per heavy atom. The number of benzene rings is 1. The third-order valence-corrected chi connectivity index (χ3v) is 4.11. The summed E-state index contributed by atoms with van der Waals surface area (Å²) in [6.07, 6.45) is 2.27. The Labute approximate surface area is 123 Å². The van der Waals surface area contributed by atoms with Crippen LogP contribution < -0.4 is 5.73 Å². The van der Waals surface area contributed by atoms with E-state index < -0.39 is 0 Å². The maximum Gasteiger partial charge on any atom is 0.0593 e. The molecule has 2 rings (SSSR count). The first-order valence-electron chi connectivity index (χ1n) is 7.82. The minimum absolute atomic E-state index is 0.355. The van der Waals surface area contributed by atoms with Gasteiger partial charge in [0.05, 0.1) is 6.61 Å². The molecule has 1 aliphatic rings. The largest absolute Gasteiger partial charge is 0.380 e. The molecule has 1 aliphatic heterocycles. The SMILES string of the molecule is CC(C)CCOCCN1CCc2ccccc2C1CN. The van der Waals surface area contributed by atoms with Crippen LogP contribution in [0.5, 0.6) is 0 Å². The summed E-state index contributed by atoms with van der Waals surface area (Å²) in [7, 11) is 0. The standard InChI is InChI=1S/C17H28N2O/c1-14(2)8-11-20-12-10-19-9-7-15-5-3-4-6-16(15)17(19)13-18/h3-6,14,17H,7-13,18H2,1-2H3. The van der Waals surface area contributed by atoms with Gasteiger partial charge in [0.1, 0.15) is 0 Å². The van der Waals surface area contributed by atoms with E-state index in [9.17, 15) is 0 Å². The zero-order chi connectivity index (χ0) is 14.4. The van der Waals surface area contributed by atoms with Gasteiger partial charge in [0.15, 0.2) is 0 Å². The number of nitrogens with two attached hydrogens (primary N) is 1. The molecule has 112 valence electrons. The first-order chi connectivity index (χ1) is 9.72. The molecule has 1 atom stereocenters. The van der Waals surface area contributed by atoms with Gasteiger partial charge in [-0.15, -0.1) is 0 Å². The average molecular weight is 276 g/mol. The Morgan fingerprint density at radius 1 is 1.30 bits per heavy atom. The lowest BCUT2D eigenvalue weighted by molar-refractivity contribution is 0.0786. The number of ether oxygens (including phenoxy) is 1. The van der Waals surface area contributed by atoms with Gasteiger partial charge < -0.3 is 10.5 Å². The second-order valence-corrected chi connectivity index (χ2v) is 6.03. The fourth-order valence-corrected chi connectivity index (χ4v) is 2.85. The summed E-state index contributed by atoms with van der Waals surface area (Å²) in [5.41, 5.74) is 8.86. The summed E-state index contributed by atoms with van der Waals surface area (Å²) in [5.74, 6) is 0.716. The van der Waals surface area contributed by atoms with Gasteiger partial charge >= 0.3 is 0 Å². The molecule has 3 heteroatoms. The van der Waals surface area contributed by atoms with Crippen LogP contribution in [0.1, 0.15) is 37.4 Å². The molecule has 0 aromatic heterocycles. The molecule has 1 unspecified atom stereocenters. The Hall–Kier alpha value is -0.900. The van der Waals surface area contributed by atoms with Crippen molar-refractivity contribution in [3.05, 3.63) is 35.4 Å². The topological polar surface area (TPSA) is 38.5 Å². The molecule has 0 saturated carbocycles. The van der Waals surface area contributed by atoms with Crippen molar-refractivity contribution in [3.63, 3.8) is 0 Å². The zero-order valence-electron chi connectivity index (χ0n) is 12.8. The number of fused-ring (bicyclic) bond motifs is 1. The maximum atomic E-state index is 6.00. The number of hydrogen-bond donors (Lipinski definition) is 1. The highest BCUT2D eigenvalue weighted by Gasteiger charge is 2.25. The second kappa shape index (κ2) is 7.77. The molecule has 0 amide bonds. The van der Waals surface area contributed by atoms with Crippen molar-refractivity contribution in [2.45, 2.75) is 32.7 Å². The fourth-order valence-electron chi connectivity index (χ4n) is 2.85. The van der Waals surface area contributed by atoms with E-state index in [-0.39, 0.29) is 0 Å². The minimum atomic E-state index is 0.355. The monoisotopic (exact) mass is 276 g/mol. The number of rotatable bonds is 7. The van der Waals surface area contributed by atoms with Crippen molar-refractivity contribution in [2.24, 2.45) is 11.7 Å². The van der Waals surface area contributed by atoms with E-state index in [1.807, 2.05) is 0 Å². The summed E-state index contributed by atoms with van der Waals surface area (Å²) in [4.78, 5) is 2.47. The third-order valence-electron chi connectivity index (χ3n) is 4.11. The highest BCUT2D eigenvalue weighted by Crippen LogP contribution is 2.28. The van der Waals surface area contributed by atoms with Crippen molar-refractivity contribution >= 4 is 0 Å². The summed E-state index contributed by atoms with van der Waals surface area (Å²) < 4.78 is 5.75. The highest BCUT2D eigenvalue weighted by molar-refractivity contribution is 5.32. The van der Waals surface area contributed by atoms with Crippen LogP contribution in [0.3, 0.4) is 0 Å². The molecule has 1 aromatic rings. The van der Waals surface area contributed by atoms with E-state index in [1.54, 1.807) is 0 Å². The molecule has 1 heterocycles. The van der Waals surface area contributed by atoms with Crippen molar-refractivity contribution in [1.29, 1.82) is 0 Å². The molecular weight excluding hydrogens is 248 g/mol. The quantitative estimate of drug-likeness (QED) is 0.778. The second-order valence-electron chi connectivity index (χ2n) is 6.03. The van der Waals surface area contributed by atoms with Crippen LogP contribution in [0.2, 0.25) is 0 Å². The molecule has 0 fully saturated rings. The summed E-state index contributed by atoms with van der Waals surface area (Å²) in [6.45, 7) is 8.90. The summed E-state index contributed by atoms with van der Waals surface area (Å²) >= 11 is 0. The Balaban J connectivity index is 1.84. The van der Waals surface area contributed by atoms with Crippen molar-refractivity contribution in [3.8, 4) is 0 Å². The average Bonchev–Trinajstić information content (AvgIpc) is 2.46. The zero-order valence-corrected chi connectivity index (χ0v) is 12.8. The lowest BCUT2D eigenvalue weighted by Crippen LogP contribution is -2.41. The molecule has 0 bridgehead atoms. The first-order valence-corrected chi connectivity index (χ1v) is 7.82. The van der Waals surface area contributed by atoms with Crippen LogP contribution in [0.4, 0.5) is 0 Å². The van der Waals surface area contributed by atoms with E-state index >= 15 is 0 Å². The Morgan fingerprint density at radius 2 is 2.10 bits per heavy atom. The van der Waals surface area contributed by atoms with Crippen LogP contribution in [0, 0.1) is 5.92 Å². The van der Waals surface area contributed by atoms with E-state index in [4.69, 9.17) is 10.5 Å². The minimum Gasteiger partial charge on any atom is -0.380 e. The molecular formula is C17H28N2O. The van der Waals surface area contributed by atoms with Crippen LogP contribution in [0.25, 0.3) is 0 Å². The number of nitrogens with zero attached hydrogens (tertiary/aromatic N) is 1. The van der Waals surface area contributed by atoms with E-state index in [0.717, 1.165) is 39.1 Å². The predicted octanol–water partition coefficient (Wildman–Crippen LogP) is 2.61. The van der Waals surface area contributed by atoms with Crippen molar-refractivity contribution in [1.82, 2.24) is 4.90 Å². The molecule has 2 N–H and O–H groups in total. The van der Waals surface area contributed by atoms with Gasteiger partial charge in [-0.3, -0.25) is 4.90 Å². The molecule has 0 radical (unpaired) electrons. The first kappa shape index (κ1) is 15.5. The molecule has 3 nitrogen and oxygen atoms in total. The van der Waals surface area contributed by atoms with Crippen LogP contribution in [0.15, 0.2) is 24.3 Å². The number of hydrogen-bond acceptors (Lipinski definition) is 3. The van der Waals surface area contributed by atoms with Gasteiger partial charge in [-0.2, -0.15) is 0 Å². The highest BCUT2D eigenvalue weighted by atomic mass is 16.5. The van der Waals surface area contributed by atoms with E-state index in [0.29, 0.717) is 18.5 Å². The predicted molar refractivity (Wildman–Crippen MR) is 83.8 cm³/mol. The van der Waals surface area contributed by atoms with Gasteiger partial charge in [0.2, 0.25) is 0 Å². The smallest absolute Gasteiger partial charge is 0.0593 e. The molecule has 0 spiro atoms. The van der Waals surface area contributed by atoms with Gasteiger partial charge in [-0.05, 0) is 29.9 Å². The van der Waals surface area contributed by atoms with Crippen molar-refractivity contribution < 1.29 is 4.74 Å². The van der Waals surface area contributed by atoms with Gasteiger partial charge in [-0.1, -0.05) is 38.1 Å². The molecule has 0 aliphatic carbocycles. The summed E-state index contributed by atoms with van der Waals surface area (Å²) in [6, 6.07) is 9.04. The fraction of sp³-hybridized carbons (Fsp3) is 0.647. The Kier molecular flexibility index (Phi) is 6.02. The van der Waals surface area contributed by atoms with E-state index in [2.05, 4.69) is 43.0 Å². The molecule has 20 heavy (non-hydrogen) atoms. The summed E-state index contributed by atoms with van der Waals surface area (Å²) in [5, 5.41) is 0. The van der Waals surface area contributed by atoms with Crippen LogP contribution in [-0.2, 0) is 11.2 Å². The van der Waals surface area contributed by atoms with Gasteiger partial charge in [-0.25, -0.2) is 0 Å². The molecule has 0 saturated heterocycles. The normalized spacial score (nSPS) is 19.3. The van der Waals surface area contributed by atoms with Gasteiger partial charge in [0, 0.05) is 32.3 Å². The van der Waals surface area contributed by atoms with E-state index in [1.165, 1.54) is 11.1 Å². The van der Waals surface area contributed by atoms with Crippen LogP contribution in [-0.4, -0.2) is 37.7 Å². The lowest BCUT2D eigenvalue weighted by atomic mass is 9.92. The maximum absolute atomic E-state index is 6.00.